The van der Waals surface area contributed by atoms with Crippen LogP contribution in [0.25, 0.3) is 16.6 Å². The number of fused-ring (bicyclic) bond motifs is 1. The SMILES string of the molecule is C=CC(=O)N(CC)CC.CN(C)CCN(C)c1nc(N)c2cc(C(F)(F)F)n(-c3c(N)cccc3F)c(=O)c2n1. The Balaban J connectivity index is 0.000000536. The normalized spacial score (nSPS) is 11.2. The molecule has 2 aromatic heterocycles. The number of nitrogens with two attached hydrogens (primary N) is 2. The summed E-state index contributed by atoms with van der Waals surface area (Å²) in [6.07, 6.45) is -3.66. The zero-order valence-corrected chi connectivity index (χ0v) is 23.1. The minimum absolute atomic E-state index is 0.0139. The zero-order chi connectivity index (χ0) is 30.4. The standard InChI is InChI=1S/C19H21F4N7O.C7H13NO/c1-28(2)7-8-29(3)18-26-14-10(16(25)27-18)9-13(19(21,22)23)30(17(14)31)15-11(20)5-4-6-12(15)24;1-4-7(9)8(5-2)6-3/h4-6,9H,7-8,24H2,1-3H3,(H2,25,26,27);4H,1,5-6H2,2-3H3. The van der Waals surface area contributed by atoms with Crippen LogP contribution >= 0.6 is 0 Å². The number of nitrogens with zero attached hydrogens (tertiary/aromatic N) is 6. The molecule has 1 amide bonds. The van der Waals surface area contributed by atoms with E-state index in [2.05, 4.69) is 16.5 Å². The number of benzene rings is 1. The average molecular weight is 567 g/mol. The number of anilines is 3. The summed E-state index contributed by atoms with van der Waals surface area (Å²) in [5, 5.41) is -0.284. The third kappa shape index (κ3) is 7.25. The van der Waals surface area contributed by atoms with E-state index in [1.54, 1.807) is 16.8 Å². The molecule has 0 saturated heterocycles. The number of nitrogen functional groups attached to an aromatic ring is 2. The molecule has 218 valence electrons. The second-order valence-electron chi connectivity index (χ2n) is 8.96. The summed E-state index contributed by atoms with van der Waals surface area (Å²) in [6.45, 7) is 9.91. The van der Waals surface area contributed by atoms with Gasteiger partial charge in [-0.15, -0.1) is 0 Å². The number of hydrogen-bond acceptors (Lipinski definition) is 8. The van der Waals surface area contributed by atoms with E-state index in [4.69, 9.17) is 11.5 Å². The maximum atomic E-state index is 14.5. The number of rotatable bonds is 8. The van der Waals surface area contributed by atoms with Crippen molar-refractivity contribution in [2.75, 3.05) is 63.7 Å². The van der Waals surface area contributed by atoms with Crippen LogP contribution in [0, 0.1) is 5.82 Å². The lowest BCUT2D eigenvalue weighted by atomic mass is 10.2. The zero-order valence-electron chi connectivity index (χ0n) is 23.1. The van der Waals surface area contributed by atoms with E-state index in [9.17, 15) is 27.2 Å². The van der Waals surface area contributed by atoms with Gasteiger partial charge in [-0.1, -0.05) is 12.6 Å². The fourth-order valence-electron chi connectivity index (χ4n) is 3.68. The Bertz CT molecular complexity index is 1400. The molecule has 4 N–H and O–H groups in total. The van der Waals surface area contributed by atoms with Crippen LogP contribution in [0.3, 0.4) is 0 Å². The van der Waals surface area contributed by atoms with Gasteiger partial charge in [0.15, 0.2) is 0 Å². The monoisotopic (exact) mass is 566 g/mol. The molecule has 0 aliphatic heterocycles. The maximum Gasteiger partial charge on any atom is 0.431 e. The van der Waals surface area contributed by atoms with Crippen molar-refractivity contribution < 1.29 is 22.4 Å². The number of likely N-dealkylation sites (N-methyl/N-ethyl adjacent to an activating group) is 3. The Hall–Kier alpha value is -4.20. The van der Waals surface area contributed by atoms with Gasteiger partial charge in [0.05, 0.1) is 11.1 Å². The van der Waals surface area contributed by atoms with Gasteiger partial charge in [-0.25, -0.2) is 9.37 Å². The molecule has 0 atom stereocenters. The predicted octanol–water partition coefficient (Wildman–Crippen LogP) is 3.14. The molecule has 3 rings (SSSR count). The van der Waals surface area contributed by atoms with Crippen molar-refractivity contribution in [3.8, 4) is 5.69 Å². The van der Waals surface area contributed by atoms with Gasteiger partial charge in [0.25, 0.3) is 5.56 Å². The third-order valence-corrected chi connectivity index (χ3v) is 5.90. The summed E-state index contributed by atoms with van der Waals surface area (Å²) >= 11 is 0. The lowest BCUT2D eigenvalue weighted by molar-refractivity contribution is -0.142. The van der Waals surface area contributed by atoms with Crippen LogP contribution in [0.4, 0.5) is 35.0 Å². The first-order chi connectivity index (χ1) is 18.7. The van der Waals surface area contributed by atoms with Crippen LogP contribution in [0.15, 0.2) is 41.7 Å². The number of hydrogen-bond donors (Lipinski definition) is 2. The highest BCUT2D eigenvalue weighted by molar-refractivity contribution is 5.89. The molecule has 0 saturated carbocycles. The van der Waals surface area contributed by atoms with Crippen molar-refractivity contribution in [1.29, 1.82) is 0 Å². The summed E-state index contributed by atoms with van der Waals surface area (Å²) in [7, 11) is 5.38. The molecule has 0 fully saturated rings. The molecule has 40 heavy (non-hydrogen) atoms. The molecule has 2 heterocycles. The highest BCUT2D eigenvalue weighted by atomic mass is 19.4. The number of amides is 1. The van der Waals surface area contributed by atoms with E-state index in [1.807, 2.05) is 32.8 Å². The van der Waals surface area contributed by atoms with Gasteiger partial charge >= 0.3 is 6.18 Å². The summed E-state index contributed by atoms with van der Waals surface area (Å²) in [5.41, 5.74) is 7.52. The Labute approximate surface area is 229 Å². The Morgan fingerprint density at radius 2 is 1.73 bits per heavy atom. The molecule has 14 heteroatoms. The van der Waals surface area contributed by atoms with Gasteiger partial charge in [0.1, 0.15) is 28.5 Å². The number of aromatic nitrogens is 3. The van der Waals surface area contributed by atoms with E-state index < -0.39 is 28.9 Å². The Morgan fingerprint density at radius 1 is 1.10 bits per heavy atom. The van der Waals surface area contributed by atoms with Gasteiger partial charge in [0, 0.05) is 33.2 Å². The average Bonchev–Trinajstić information content (AvgIpc) is 2.88. The molecule has 3 aromatic rings. The number of carbonyl (C=O) groups excluding carboxylic acids is 1. The van der Waals surface area contributed by atoms with E-state index in [1.165, 1.54) is 18.2 Å². The fraction of sp³-hybridized carbons (Fsp3) is 0.385. The van der Waals surface area contributed by atoms with Crippen molar-refractivity contribution in [3.63, 3.8) is 0 Å². The summed E-state index contributed by atoms with van der Waals surface area (Å²) < 4.78 is 56.1. The largest absolute Gasteiger partial charge is 0.431 e. The van der Waals surface area contributed by atoms with Crippen molar-refractivity contribution >= 4 is 34.3 Å². The number of halogens is 4. The molecule has 0 spiro atoms. The molecule has 0 aliphatic carbocycles. The molecule has 0 bridgehead atoms. The van der Waals surface area contributed by atoms with Gasteiger partial charge in [-0.2, -0.15) is 18.2 Å². The summed E-state index contributed by atoms with van der Waals surface area (Å²) in [4.78, 5) is 37.3. The van der Waals surface area contributed by atoms with Crippen LogP contribution in [-0.4, -0.2) is 77.6 Å². The summed E-state index contributed by atoms with van der Waals surface area (Å²) in [5.74, 6) is -1.32. The fourth-order valence-corrected chi connectivity index (χ4v) is 3.68. The highest BCUT2D eigenvalue weighted by Gasteiger charge is 2.37. The van der Waals surface area contributed by atoms with Crippen molar-refractivity contribution in [2.45, 2.75) is 20.0 Å². The predicted molar refractivity (Wildman–Crippen MR) is 149 cm³/mol. The molecule has 0 radical (unpaired) electrons. The lowest BCUT2D eigenvalue weighted by Gasteiger charge is -2.21. The summed E-state index contributed by atoms with van der Waals surface area (Å²) in [6, 6.07) is 3.97. The minimum Gasteiger partial charge on any atom is -0.397 e. The van der Waals surface area contributed by atoms with Gasteiger partial charge in [0.2, 0.25) is 11.9 Å². The molecular weight excluding hydrogens is 532 g/mol. The Morgan fingerprint density at radius 3 is 2.20 bits per heavy atom. The maximum absolute atomic E-state index is 14.5. The molecule has 0 aliphatic rings. The van der Waals surface area contributed by atoms with Crippen LogP contribution in [0.5, 0.6) is 0 Å². The van der Waals surface area contributed by atoms with Crippen LogP contribution < -0.4 is 21.9 Å². The van der Waals surface area contributed by atoms with Crippen molar-refractivity contribution in [1.82, 2.24) is 24.3 Å². The number of carbonyl (C=O) groups is 1. The second kappa shape index (κ2) is 13.2. The lowest BCUT2D eigenvalue weighted by Crippen LogP contribution is -2.32. The van der Waals surface area contributed by atoms with Gasteiger partial charge in [-0.05, 0) is 52.2 Å². The Kier molecular flexibility index (Phi) is 10.6. The molecule has 10 nitrogen and oxygen atoms in total. The van der Waals surface area contributed by atoms with E-state index in [0.717, 1.165) is 19.2 Å². The topological polar surface area (TPSA) is 127 Å². The molecular formula is C26H34F4N8O2. The second-order valence-corrected chi connectivity index (χ2v) is 8.96. The van der Waals surface area contributed by atoms with Crippen LogP contribution in [0.2, 0.25) is 0 Å². The number of para-hydroxylation sites is 1. The van der Waals surface area contributed by atoms with E-state index in [-0.39, 0.29) is 38.8 Å². The third-order valence-electron chi connectivity index (χ3n) is 5.90. The first kappa shape index (κ1) is 32.0. The first-order valence-corrected chi connectivity index (χ1v) is 12.3. The quantitative estimate of drug-likeness (QED) is 0.242. The number of pyridine rings is 1. The van der Waals surface area contributed by atoms with Crippen LogP contribution in [0.1, 0.15) is 19.5 Å². The van der Waals surface area contributed by atoms with Gasteiger partial charge < -0.3 is 26.2 Å². The minimum atomic E-state index is -5.00. The number of alkyl halides is 3. The smallest absolute Gasteiger partial charge is 0.397 e. The molecule has 1 aromatic carbocycles. The van der Waals surface area contributed by atoms with E-state index >= 15 is 0 Å². The first-order valence-electron chi connectivity index (χ1n) is 12.3. The molecule has 0 unspecified atom stereocenters. The van der Waals surface area contributed by atoms with Gasteiger partial charge in [-0.3, -0.25) is 14.2 Å². The van der Waals surface area contributed by atoms with Crippen molar-refractivity contribution in [2.24, 2.45) is 0 Å². The highest BCUT2D eigenvalue weighted by Crippen LogP contribution is 2.34. The van der Waals surface area contributed by atoms with Crippen LogP contribution in [-0.2, 0) is 11.0 Å². The van der Waals surface area contributed by atoms with E-state index in [0.29, 0.717) is 19.2 Å². The van der Waals surface area contributed by atoms with Crippen molar-refractivity contribution in [3.05, 3.63) is 58.8 Å².